The fraction of sp³-hybridized carbons (Fsp3) is 0.143. The van der Waals surface area contributed by atoms with Crippen molar-refractivity contribution in [1.82, 2.24) is 0 Å². The van der Waals surface area contributed by atoms with E-state index in [9.17, 15) is 0 Å². The van der Waals surface area contributed by atoms with Gasteiger partial charge in [0.15, 0.2) is 0 Å². The molecule has 0 aliphatic heterocycles. The molecule has 2 heteroatoms. The van der Waals surface area contributed by atoms with Crippen LogP contribution < -0.4 is 0 Å². The van der Waals surface area contributed by atoms with Gasteiger partial charge >= 0.3 is 0 Å². The maximum atomic E-state index is 8.10. The lowest BCUT2D eigenvalue weighted by molar-refractivity contribution is 0.469. The summed E-state index contributed by atoms with van der Waals surface area (Å²) >= 11 is 5.69. The standard InChI is InChI=1S/C9H9Cl.C5H8O/c1-2-3-8-4-6-9(10)7-5-8;1-3-5(2)4-6/h2,4-7H,1,3H2;3-4,6H,1H2,2H3/b;5-4+. The van der Waals surface area contributed by atoms with Gasteiger partial charge < -0.3 is 5.11 Å². The van der Waals surface area contributed by atoms with E-state index in [-0.39, 0.29) is 0 Å². The lowest BCUT2D eigenvalue weighted by atomic mass is 10.2. The molecule has 0 saturated heterocycles. The van der Waals surface area contributed by atoms with Crippen LogP contribution in [0.3, 0.4) is 0 Å². The van der Waals surface area contributed by atoms with Crippen LogP contribution in [-0.4, -0.2) is 5.11 Å². The Hall–Kier alpha value is -1.47. The molecule has 0 atom stereocenters. The highest BCUT2D eigenvalue weighted by molar-refractivity contribution is 6.30. The summed E-state index contributed by atoms with van der Waals surface area (Å²) in [6.45, 7) is 8.82. The van der Waals surface area contributed by atoms with Gasteiger partial charge in [0.25, 0.3) is 0 Å². The maximum Gasteiger partial charge on any atom is 0.0820 e. The molecule has 16 heavy (non-hydrogen) atoms. The Morgan fingerprint density at radius 1 is 1.31 bits per heavy atom. The highest BCUT2D eigenvalue weighted by Crippen LogP contribution is 2.09. The summed E-state index contributed by atoms with van der Waals surface area (Å²) < 4.78 is 0. The molecule has 0 amide bonds. The summed E-state index contributed by atoms with van der Waals surface area (Å²) in [7, 11) is 0. The molecule has 1 nitrogen and oxygen atoms in total. The van der Waals surface area contributed by atoms with Crippen molar-refractivity contribution in [3.8, 4) is 0 Å². The number of hydrogen-bond donors (Lipinski definition) is 1. The average molecular weight is 237 g/mol. The molecule has 1 aromatic carbocycles. The molecule has 1 rings (SSSR count). The number of aliphatic hydroxyl groups excluding tert-OH is 1. The molecule has 86 valence electrons. The van der Waals surface area contributed by atoms with Crippen molar-refractivity contribution in [3.63, 3.8) is 0 Å². The SMILES string of the molecule is C=C/C(C)=C/O.C=CCc1ccc(Cl)cc1. The van der Waals surface area contributed by atoms with Gasteiger partial charge in [-0.15, -0.1) is 6.58 Å². The van der Waals surface area contributed by atoms with E-state index in [1.165, 1.54) is 5.56 Å². The van der Waals surface area contributed by atoms with E-state index < -0.39 is 0 Å². The first-order valence-corrected chi connectivity index (χ1v) is 5.30. The first-order chi connectivity index (χ1) is 7.63. The maximum absolute atomic E-state index is 8.10. The fourth-order valence-electron chi connectivity index (χ4n) is 0.840. The van der Waals surface area contributed by atoms with Crippen molar-refractivity contribution in [1.29, 1.82) is 0 Å². The topological polar surface area (TPSA) is 20.2 Å². The summed E-state index contributed by atoms with van der Waals surface area (Å²) in [6.07, 6.45) is 5.40. The van der Waals surface area contributed by atoms with Gasteiger partial charge in [-0.25, -0.2) is 0 Å². The van der Waals surface area contributed by atoms with Gasteiger partial charge in [-0.05, 0) is 36.6 Å². The zero-order valence-electron chi connectivity index (χ0n) is 9.49. The van der Waals surface area contributed by atoms with Crippen LogP contribution in [0.1, 0.15) is 12.5 Å². The monoisotopic (exact) mass is 236 g/mol. The van der Waals surface area contributed by atoms with Crippen molar-refractivity contribution in [3.05, 3.63) is 72.0 Å². The van der Waals surface area contributed by atoms with E-state index in [1.54, 1.807) is 13.0 Å². The van der Waals surface area contributed by atoms with E-state index in [0.717, 1.165) is 23.3 Å². The van der Waals surface area contributed by atoms with Gasteiger partial charge in [-0.3, -0.25) is 0 Å². The zero-order valence-corrected chi connectivity index (χ0v) is 10.2. The van der Waals surface area contributed by atoms with Crippen LogP contribution in [0.5, 0.6) is 0 Å². The van der Waals surface area contributed by atoms with Gasteiger partial charge in [0, 0.05) is 5.02 Å². The number of rotatable bonds is 3. The Balaban J connectivity index is 0.000000325. The molecule has 0 saturated carbocycles. The molecule has 0 unspecified atom stereocenters. The Bertz CT molecular complexity index is 350. The normalized spacial score (nSPS) is 10.0. The summed E-state index contributed by atoms with van der Waals surface area (Å²) in [5.74, 6) is 0. The van der Waals surface area contributed by atoms with E-state index in [2.05, 4.69) is 13.2 Å². The van der Waals surface area contributed by atoms with Crippen molar-refractivity contribution in [2.45, 2.75) is 13.3 Å². The molecule has 0 spiro atoms. The molecule has 0 radical (unpaired) electrons. The van der Waals surface area contributed by atoms with Gasteiger partial charge in [0.2, 0.25) is 0 Å². The number of benzene rings is 1. The van der Waals surface area contributed by atoms with Gasteiger partial charge in [0.1, 0.15) is 0 Å². The predicted molar refractivity (Wildman–Crippen MR) is 71.9 cm³/mol. The molecule has 0 aliphatic carbocycles. The molecule has 0 bridgehead atoms. The van der Waals surface area contributed by atoms with Crippen LogP contribution in [0.15, 0.2) is 61.4 Å². The molecule has 1 N–H and O–H groups in total. The second-order valence-electron chi connectivity index (χ2n) is 3.20. The van der Waals surface area contributed by atoms with Crippen molar-refractivity contribution < 1.29 is 5.11 Å². The van der Waals surface area contributed by atoms with E-state index in [0.29, 0.717) is 0 Å². The lowest BCUT2D eigenvalue weighted by Crippen LogP contribution is -1.77. The third-order valence-corrected chi connectivity index (χ3v) is 2.07. The first-order valence-electron chi connectivity index (χ1n) is 4.92. The first kappa shape index (κ1) is 14.5. The summed E-state index contributed by atoms with van der Waals surface area (Å²) in [5.41, 5.74) is 2.04. The van der Waals surface area contributed by atoms with E-state index >= 15 is 0 Å². The minimum atomic E-state index is 0.785. The second-order valence-corrected chi connectivity index (χ2v) is 3.63. The Labute approximate surface area is 102 Å². The van der Waals surface area contributed by atoms with Crippen LogP contribution in [-0.2, 0) is 6.42 Å². The van der Waals surface area contributed by atoms with Crippen LogP contribution >= 0.6 is 11.6 Å². The summed E-state index contributed by atoms with van der Waals surface area (Å²) in [5, 5.41) is 8.89. The molecular weight excluding hydrogens is 220 g/mol. The number of halogens is 1. The Kier molecular flexibility index (Phi) is 8.00. The quantitative estimate of drug-likeness (QED) is 0.458. The van der Waals surface area contributed by atoms with Crippen LogP contribution in [0.4, 0.5) is 0 Å². The van der Waals surface area contributed by atoms with Crippen molar-refractivity contribution >= 4 is 11.6 Å². The van der Waals surface area contributed by atoms with Gasteiger partial charge in [0.05, 0.1) is 6.26 Å². The molecule has 0 aromatic heterocycles. The van der Waals surface area contributed by atoms with Crippen LogP contribution in [0, 0.1) is 0 Å². The highest BCUT2D eigenvalue weighted by atomic mass is 35.5. The number of allylic oxidation sites excluding steroid dienone is 3. The van der Waals surface area contributed by atoms with E-state index in [4.69, 9.17) is 16.7 Å². The van der Waals surface area contributed by atoms with Gasteiger partial charge in [-0.2, -0.15) is 0 Å². The van der Waals surface area contributed by atoms with Crippen LogP contribution in [0.25, 0.3) is 0 Å². The molecule has 0 aliphatic rings. The third kappa shape index (κ3) is 6.91. The lowest BCUT2D eigenvalue weighted by Gasteiger charge is -1.94. The minimum Gasteiger partial charge on any atom is -0.515 e. The average Bonchev–Trinajstić information content (AvgIpc) is 2.32. The highest BCUT2D eigenvalue weighted by Gasteiger charge is 1.87. The van der Waals surface area contributed by atoms with Gasteiger partial charge in [-0.1, -0.05) is 42.5 Å². The summed E-state index contributed by atoms with van der Waals surface area (Å²) in [6, 6.07) is 7.79. The molecule has 0 fully saturated rings. The van der Waals surface area contributed by atoms with Crippen molar-refractivity contribution in [2.75, 3.05) is 0 Å². The largest absolute Gasteiger partial charge is 0.515 e. The second kappa shape index (κ2) is 8.81. The Morgan fingerprint density at radius 3 is 2.19 bits per heavy atom. The number of hydrogen-bond acceptors (Lipinski definition) is 1. The minimum absolute atomic E-state index is 0.785. The van der Waals surface area contributed by atoms with E-state index in [1.807, 2.05) is 30.3 Å². The molecule has 0 heterocycles. The van der Waals surface area contributed by atoms with Crippen molar-refractivity contribution in [2.24, 2.45) is 0 Å². The zero-order chi connectivity index (χ0) is 12.4. The Morgan fingerprint density at radius 2 is 1.88 bits per heavy atom. The predicted octanol–water partition coefficient (Wildman–Crippen LogP) is 4.70. The molecule has 1 aromatic rings. The number of aliphatic hydroxyl groups is 1. The van der Waals surface area contributed by atoms with Crippen LogP contribution in [0.2, 0.25) is 5.02 Å². The summed E-state index contributed by atoms with van der Waals surface area (Å²) in [4.78, 5) is 0. The molecular formula is C14H17ClO. The fourth-order valence-corrected chi connectivity index (χ4v) is 0.966. The smallest absolute Gasteiger partial charge is 0.0820 e. The third-order valence-electron chi connectivity index (χ3n) is 1.82.